The number of nitriles is 1. The van der Waals surface area contributed by atoms with E-state index in [-0.39, 0.29) is 0 Å². The van der Waals surface area contributed by atoms with Gasteiger partial charge in [-0.15, -0.1) is 0 Å². The van der Waals surface area contributed by atoms with Crippen molar-refractivity contribution in [2.45, 2.75) is 32.9 Å². The summed E-state index contributed by atoms with van der Waals surface area (Å²) in [5.74, 6) is 0. The number of hydrogen-bond acceptors (Lipinski definition) is 3. The Labute approximate surface area is 84.1 Å². The summed E-state index contributed by atoms with van der Waals surface area (Å²) in [7, 11) is 0. The molecule has 1 aromatic rings. The Morgan fingerprint density at radius 1 is 1.64 bits per heavy atom. The molecule has 0 saturated carbocycles. The highest BCUT2D eigenvalue weighted by Gasteiger charge is 2.12. The second kappa shape index (κ2) is 4.77. The maximum atomic E-state index is 8.85. The Balaban J connectivity index is 2.79. The van der Waals surface area contributed by atoms with Crippen molar-refractivity contribution in [1.82, 2.24) is 9.78 Å². The predicted octanol–water partition coefficient (Wildman–Crippen LogP) is 2.07. The van der Waals surface area contributed by atoms with Gasteiger partial charge in [0.1, 0.15) is 0 Å². The van der Waals surface area contributed by atoms with Crippen LogP contribution in [0, 0.1) is 11.3 Å². The van der Waals surface area contributed by atoms with Gasteiger partial charge in [0, 0.05) is 24.4 Å². The smallest absolute Gasteiger partial charge is 0.172 e. The van der Waals surface area contributed by atoms with Gasteiger partial charge in [-0.1, -0.05) is 0 Å². The summed E-state index contributed by atoms with van der Waals surface area (Å²) in [5.41, 5.74) is 0.822. The molecule has 0 bridgehead atoms. The quantitative estimate of drug-likeness (QED) is 0.735. The van der Waals surface area contributed by atoms with Crippen molar-refractivity contribution < 1.29 is 4.74 Å². The topological polar surface area (TPSA) is 50.8 Å². The average Bonchev–Trinajstić information content (AvgIpc) is 2.63. The molecule has 0 aliphatic rings. The zero-order valence-electron chi connectivity index (χ0n) is 8.77. The summed E-state index contributed by atoms with van der Waals surface area (Å²) in [4.78, 5) is 0. The molecule has 0 amide bonds. The largest absolute Gasteiger partial charge is 0.359 e. The van der Waals surface area contributed by atoms with E-state index in [1.54, 1.807) is 6.20 Å². The molecule has 76 valence electrons. The van der Waals surface area contributed by atoms with Crippen LogP contribution in [0.25, 0.3) is 0 Å². The fourth-order valence-electron chi connectivity index (χ4n) is 1.15. The van der Waals surface area contributed by atoms with E-state index in [0.717, 1.165) is 5.56 Å². The van der Waals surface area contributed by atoms with Crippen molar-refractivity contribution in [3.8, 4) is 6.07 Å². The van der Waals surface area contributed by atoms with Crippen LogP contribution < -0.4 is 0 Å². The molecule has 1 heterocycles. The highest BCUT2D eigenvalue weighted by Crippen LogP contribution is 2.16. The molecule has 0 aromatic carbocycles. The van der Waals surface area contributed by atoms with E-state index in [2.05, 4.69) is 11.2 Å². The maximum Gasteiger partial charge on any atom is 0.172 e. The molecule has 4 nitrogen and oxygen atoms in total. The second-order valence-electron chi connectivity index (χ2n) is 3.31. The van der Waals surface area contributed by atoms with Gasteiger partial charge in [-0.25, -0.2) is 0 Å². The molecule has 0 N–H and O–H groups in total. The number of aromatic nitrogens is 2. The number of nitrogens with zero attached hydrogens (tertiary/aromatic N) is 3. The van der Waals surface area contributed by atoms with Crippen molar-refractivity contribution in [2.24, 2.45) is 0 Å². The third-order valence-electron chi connectivity index (χ3n) is 1.90. The first-order chi connectivity index (χ1) is 6.69. The van der Waals surface area contributed by atoms with E-state index in [1.807, 2.05) is 31.6 Å². The van der Waals surface area contributed by atoms with Crippen molar-refractivity contribution in [3.63, 3.8) is 0 Å². The molecule has 0 radical (unpaired) electrons. The van der Waals surface area contributed by atoms with Gasteiger partial charge in [0.2, 0.25) is 0 Å². The third-order valence-corrected chi connectivity index (χ3v) is 1.90. The van der Waals surface area contributed by atoms with Gasteiger partial charge < -0.3 is 4.74 Å². The van der Waals surface area contributed by atoms with E-state index in [9.17, 15) is 0 Å². The van der Waals surface area contributed by atoms with Gasteiger partial charge in [0.05, 0.1) is 12.3 Å². The Hall–Kier alpha value is -1.34. The highest BCUT2D eigenvalue weighted by atomic mass is 16.5. The van der Waals surface area contributed by atoms with Gasteiger partial charge in [-0.3, -0.25) is 4.68 Å². The molecule has 0 spiro atoms. The van der Waals surface area contributed by atoms with E-state index in [4.69, 9.17) is 10.00 Å². The minimum atomic E-state index is -0.493. The second-order valence-corrected chi connectivity index (χ2v) is 3.31. The monoisotopic (exact) mass is 193 g/mol. The Morgan fingerprint density at radius 2 is 2.36 bits per heavy atom. The average molecular weight is 193 g/mol. The first-order valence-corrected chi connectivity index (χ1v) is 4.74. The normalized spacial score (nSPS) is 12.8. The first kappa shape index (κ1) is 10.7. The van der Waals surface area contributed by atoms with Crippen LogP contribution in [0.2, 0.25) is 0 Å². The Kier molecular flexibility index (Phi) is 3.66. The number of rotatable bonds is 4. The van der Waals surface area contributed by atoms with Crippen molar-refractivity contribution >= 4 is 0 Å². The summed E-state index contributed by atoms with van der Waals surface area (Å²) < 4.78 is 7.07. The Bertz CT molecular complexity index is 324. The Morgan fingerprint density at radius 3 is 2.79 bits per heavy atom. The standard InChI is InChI=1S/C10H15N3O/c1-4-14-10(5-11)9-6-12-13(7-9)8(2)3/h6-8,10H,4H2,1-3H3. The van der Waals surface area contributed by atoms with Gasteiger partial charge in [-0.2, -0.15) is 10.4 Å². The predicted molar refractivity (Wildman–Crippen MR) is 52.6 cm³/mol. The molecule has 0 aliphatic heterocycles. The molecule has 14 heavy (non-hydrogen) atoms. The number of ether oxygens (including phenoxy) is 1. The summed E-state index contributed by atoms with van der Waals surface area (Å²) >= 11 is 0. The van der Waals surface area contributed by atoms with Crippen LogP contribution in [-0.2, 0) is 4.74 Å². The number of hydrogen-bond donors (Lipinski definition) is 0. The highest BCUT2D eigenvalue weighted by molar-refractivity contribution is 5.15. The van der Waals surface area contributed by atoms with E-state index in [0.29, 0.717) is 12.6 Å². The molecule has 0 saturated heterocycles. The lowest BCUT2D eigenvalue weighted by molar-refractivity contribution is 0.102. The lowest BCUT2D eigenvalue weighted by Crippen LogP contribution is -2.02. The van der Waals surface area contributed by atoms with E-state index >= 15 is 0 Å². The maximum absolute atomic E-state index is 8.85. The van der Waals surface area contributed by atoms with Gasteiger partial charge in [-0.05, 0) is 20.8 Å². The molecular weight excluding hydrogens is 178 g/mol. The molecular formula is C10H15N3O. The molecule has 0 aliphatic carbocycles. The fraction of sp³-hybridized carbons (Fsp3) is 0.600. The summed E-state index contributed by atoms with van der Waals surface area (Å²) in [6.07, 6.45) is 3.05. The molecule has 1 aromatic heterocycles. The zero-order chi connectivity index (χ0) is 10.6. The molecule has 4 heteroatoms. The van der Waals surface area contributed by atoms with Crippen LogP contribution in [0.15, 0.2) is 12.4 Å². The van der Waals surface area contributed by atoms with Crippen LogP contribution >= 0.6 is 0 Å². The fourth-order valence-corrected chi connectivity index (χ4v) is 1.15. The van der Waals surface area contributed by atoms with Gasteiger partial charge in [0.15, 0.2) is 6.10 Å². The van der Waals surface area contributed by atoms with E-state index < -0.39 is 6.10 Å². The molecule has 1 unspecified atom stereocenters. The van der Waals surface area contributed by atoms with Crippen LogP contribution in [0.1, 0.15) is 38.5 Å². The van der Waals surface area contributed by atoms with Crippen LogP contribution in [0.5, 0.6) is 0 Å². The summed E-state index contributed by atoms with van der Waals surface area (Å²) in [6.45, 7) is 6.49. The summed E-state index contributed by atoms with van der Waals surface area (Å²) in [6, 6.07) is 2.41. The van der Waals surface area contributed by atoms with Crippen LogP contribution in [0.4, 0.5) is 0 Å². The SMILES string of the molecule is CCOC(C#N)c1cnn(C(C)C)c1. The minimum absolute atomic E-state index is 0.310. The van der Waals surface area contributed by atoms with E-state index in [1.165, 1.54) is 0 Å². The molecule has 0 fully saturated rings. The van der Waals surface area contributed by atoms with Gasteiger partial charge >= 0.3 is 0 Å². The van der Waals surface area contributed by atoms with Gasteiger partial charge in [0.25, 0.3) is 0 Å². The minimum Gasteiger partial charge on any atom is -0.359 e. The van der Waals surface area contributed by atoms with Crippen molar-refractivity contribution in [2.75, 3.05) is 6.61 Å². The summed E-state index contributed by atoms with van der Waals surface area (Å²) in [5, 5.41) is 13.0. The van der Waals surface area contributed by atoms with Crippen molar-refractivity contribution in [3.05, 3.63) is 18.0 Å². The molecule has 1 rings (SSSR count). The third kappa shape index (κ3) is 2.33. The van der Waals surface area contributed by atoms with Crippen LogP contribution in [-0.4, -0.2) is 16.4 Å². The lowest BCUT2D eigenvalue weighted by Gasteiger charge is -2.06. The zero-order valence-corrected chi connectivity index (χ0v) is 8.77. The van der Waals surface area contributed by atoms with Crippen molar-refractivity contribution in [1.29, 1.82) is 5.26 Å². The van der Waals surface area contributed by atoms with Crippen LogP contribution in [0.3, 0.4) is 0 Å². The lowest BCUT2D eigenvalue weighted by atomic mass is 10.2. The molecule has 1 atom stereocenters. The first-order valence-electron chi connectivity index (χ1n) is 4.74.